The van der Waals surface area contributed by atoms with Crippen molar-refractivity contribution in [3.8, 4) is 0 Å². The van der Waals surface area contributed by atoms with Crippen LogP contribution in [-0.2, 0) is 13.1 Å². The number of hydrogen-bond acceptors (Lipinski definition) is 3. The first-order chi connectivity index (χ1) is 22.4. The smallest absolute Gasteiger partial charge is 0.379 e. The molecular formula is C43H50N3Na. The van der Waals surface area contributed by atoms with Crippen molar-refractivity contribution in [3.63, 3.8) is 0 Å². The van der Waals surface area contributed by atoms with Crippen molar-refractivity contribution in [1.29, 1.82) is 0 Å². The molecule has 0 fully saturated rings. The Balaban J connectivity index is 0.00000500. The Morgan fingerprint density at radius 2 is 1.09 bits per heavy atom. The normalized spacial score (nSPS) is 11.4. The van der Waals surface area contributed by atoms with E-state index in [0.717, 1.165) is 39.3 Å². The van der Waals surface area contributed by atoms with Crippen LogP contribution in [-0.4, -0.2) is 26.2 Å². The van der Waals surface area contributed by atoms with E-state index in [0.29, 0.717) is 0 Å². The largest absolute Gasteiger partial charge is 1.00 e. The summed E-state index contributed by atoms with van der Waals surface area (Å²) in [6.45, 7) is 19.1. The van der Waals surface area contributed by atoms with Crippen LogP contribution in [0.15, 0.2) is 115 Å². The van der Waals surface area contributed by atoms with E-state index >= 15 is 0 Å². The molecule has 5 aromatic rings. The molecule has 4 heteroatoms. The van der Waals surface area contributed by atoms with Gasteiger partial charge in [-0.15, -0.1) is 5.56 Å². The fourth-order valence-electron chi connectivity index (χ4n) is 6.63. The molecule has 0 heterocycles. The molecule has 0 aliphatic carbocycles. The van der Waals surface area contributed by atoms with Gasteiger partial charge in [-0.1, -0.05) is 60.2 Å². The Hall–Kier alpha value is -3.50. The molecular weight excluding hydrogens is 581 g/mol. The summed E-state index contributed by atoms with van der Waals surface area (Å²) >= 11 is 0. The van der Waals surface area contributed by atoms with Crippen LogP contribution in [0.2, 0.25) is 0 Å². The van der Waals surface area contributed by atoms with E-state index in [2.05, 4.69) is 172 Å². The summed E-state index contributed by atoms with van der Waals surface area (Å²) in [5.74, 6) is 0.138. The first-order valence-electron chi connectivity index (χ1n) is 17.0. The molecule has 47 heavy (non-hydrogen) atoms. The van der Waals surface area contributed by atoms with Gasteiger partial charge in [0.1, 0.15) is 0 Å². The van der Waals surface area contributed by atoms with Crippen LogP contribution >= 0.6 is 0 Å². The summed E-state index contributed by atoms with van der Waals surface area (Å²) in [5.41, 5.74) is 13.0. The van der Waals surface area contributed by atoms with Crippen molar-refractivity contribution in [3.05, 3.63) is 160 Å². The second-order valence-electron chi connectivity index (χ2n) is 12.3. The quantitative estimate of drug-likeness (QED) is 0.0730. The molecule has 0 saturated heterocycles. The summed E-state index contributed by atoms with van der Waals surface area (Å²) in [7, 11) is 0. The van der Waals surface area contributed by atoms with E-state index in [1.165, 1.54) is 56.0 Å². The Labute approximate surface area is 306 Å². The molecule has 5 aromatic carbocycles. The van der Waals surface area contributed by atoms with Crippen LogP contribution in [0.4, 0.5) is 17.1 Å². The standard InChI is InChI=1S/C43H50N3.Na/c1-7-44(8-2)41-27-28-42(34(6)30-41)43(37-19-23-39(24-20-37)45(9-3)31-35-16-12-11-13-17-35)38-21-25-40(26-22-38)46(10-4)32-36-18-14-15-33(5)29-36;/h11-12,14-30,43H,7-10,31-32H2,1-6H3;/q-1;+1. The third kappa shape index (κ3) is 9.11. The molecule has 238 valence electrons. The van der Waals surface area contributed by atoms with Gasteiger partial charge in [-0.2, -0.15) is 30.3 Å². The van der Waals surface area contributed by atoms with Gasteiger partial charge in [-0.05, 0) is 112 Å². The van der Waals surface area contributed by atoms with E-state index in [4.69, 9.17) is 0 Å². The van der Waals surface area contributed by atoms with Gasteiger partial charge in [0.05, 0.1) is 0 Å². The Bertz CT molecular complexity index is 1660. The first kappa shape index (κ1) is 36.3. The van der Waals surface area contributed by atoms with E-state index in [1.54, 1.807) is 0 Å². The maximum absolute atomic E-state index is 3.22. The van der Waals surface area contributed by atoms with Crippen LogP contribution in [0.5, 0.6) is 0 Å². The monoisotopic (exact) mass is 631 g/mol. The topological polar surface area (TPSA) is 9.72 Å². The number of anilines is 3. The predicted molar refractivity (Wildman–Crippen MR) is 198 cm³/mol. The summed E-state index contributed by atoms with van der Waals surface area (Å²) < 4.78 is 0. The number of nitrogens with zero attached hydrogens (tertiary/aromatic N) is 3. The summed E-state index contributed by atoms with van der Waals surface area (Å²) in [6, 6.07) is 46.0. The fraction of sp³-hybridized carbons (Fsp3) is 0.302. The van der Waals surface area contributed by atoms with Crippen LogP contribution in [0, 0.1) is 19.9 Å². The molecule has 0 saturated carbocycles. The maximum atomic E-state index is 3.22. The van der Waals surface area contributed by atoms with Gasteiger partial charge in [-0.25, -0.2) is 0 Å². The minimum absolute atomic E-state index is 0. The third-order valence-electron chi connectivity index (χ3n) is 9.24. The minimum Gasteiger partial charge on any atom is -0.379 e. The SMILES string of the molecule is CCN(CC)c1ccc(C(c2ccc(N(CC)Cc3c[c-]ccc3)cc2)c2ccc(N(CC)Cc3cccc(C)c3)cc2)c(C)c1.[Na+]. The molecule has 1 atom stereocenters. The molecule has 0 aliphatic heterocycles. The van der Waals surface area contributed by atoms with Gasteiger partial charge in [-0.3, -0.25) is 0 Å². The van der Waals surface area contributed by atoms with Crippen LogP contribution in [0.1, 0.15) is 72.6 Å². The van der Waals surface area contributed by atoms with Crippen LogP contribution in [0.25, 0.3) is 0 Å². The average molecular weight is 632 g/mol. The van der Waals surface area contributed by atoms with Crippen molar-refractivity contribution in [2.45, 2.75) is 60.5 Å². The van der Waals surface area contributed by atoms with Crippen molar-refractivity contribution >= 4 is 17.1 Å². The molecule has 0 radical (unpaired) electrons. The predicted octanol–water partition coefficient (Wildman–Crippen LogP) is 7.19. The van der Waals surface area contributed by atoms with Crippen LogP contribution < -0.4 is 44.3 Å². The zero-order valence-electron chi connectivity index (χ0n) is 29.6. The van der Waals surface area contributed by atoms with Gasteiger partial charge in [0, 0.05) is 55.7 Å². The van der Waals surface area contributed by atoms with Crippen molar-refractivity contribution in [2.75, 3.05) is 40.9 Å². The second-order valence-corrected chi connectivity index (χ2v) is 12.3. The van der Waals surface area contributed by atoms with E-state index in [-0.39, 0.29) is 35.5 Å². The van der Waals surface area contributed by atoms with Gasteiger partial charge in [0.25, 0.3) is 0 Å². The number of hydrogen-bond donors (Lipinski definition) is 0. The molecule has 0 bridgehead atoms. The van der Waals surface area contributed by atoms with Crippen molar-refractivity contribution in [2.24, 2.45) is 0 Å². The molecule has 1 unspecified atom stereocenters. The van der Waals surface area contributed by atoms with Gasteiger partial charge in [0.15, 0.2) is 0 Å². The van der Waals surface area contributed by atoms with Gasteiger partial charge >= 0.3 is 29.6 Å². The Kier molecular flexibility index (Phi) is 13.6. The number of aryl methyl sites for hydroxylation is 2. The molecule has 0 spiro atoms. The van der Waals surface area contributed by atoms with E-state index < -0.39 is 0 Å². The molecule has 0 amide bonds. The van der Waals surface area contributed by atoms with Crippen molar-refractivity contribution in [1.82, 2.24) is 0 Å². The first-order valence-corrected chi connectivity index (χ1v) is 17.0. The van der Waals surface area contributed by atoms with Crippen molar-refractivity contribution < 1.29 is 29.6 Å². The second kappa shape index (κ2) is 17.6. The summed E-state index contributed by atoms with van der Waals surface area (Å²) in [6.07, 6.45) is 0. The van der Waals surface area contributed by atoms with E-state index in [1.807, 2.05) is 6.07 Å². The van der Waals surface area contributed by atoms with Gasteiger partial charge < -0.3 is 14.7 Å². The zero-order chi connectivity index (χ0) is 32.5. The fourth-order valence-corrected chi connectivity index (χ4v) is 6.63. The Morgan fingerprint density at radius 1 is 0.553 bits per heavy atom. The average Bonchev–Trinajstić information content (AvgIpc) is 3.09. The Morgan fingerprint density at radius 3 is 1.57 bits per heavy atom. The summed E-state index contributed by atoms with van der Waals surface area (Å²) in [5, 5.41) is 0. The number of benzene rings is 5. The molecule has 0 aromatic heterocycles. The molecule has 3 nitrogen and oxygen atoms in total. The van der Waals surface area contributed by atoms with E-state index in [9.17, 15) is 0 Å². The number of rotatable bonds is 14. The molecule has 0 N–H and O–H groups in total. The summed E-state index contributed by atoms with van der Waals surface area (Å²) in [4.78, 5) is 7.30. The van der Waals surface area contributed by atoms with Gasteiger partial charge in [0.2, 0.25) is 0 Å². The van der Waals surface area contributed by atoms with Crippen LogP contribution in [0.3, 0.4) is 0 Å². The minimum atomic E-state index is 0. The zero-order valence-corrected chi connectivity index (χ0v) is 31.6. The molecule has 0 aliphatic rings. The molecule has 5 rings (SSSR count). The third-order valence-corrected chi connectivity index (χ3v) is 9.24. The maximum Gasteiger partial charge on any atom is 1.00 e.